The van der Waals surface area contributed by atoms with Crippen LogP contribution < -0.4 is 10.9 Å². The quantitative estimate of drug-likeness (QED) is 0.803. The van der Waals surface area contributed by atoms with Crippen LogP contribution in [-0.4, -0.2) is 27.7 Å². The highest BCUT2D eigenvalue weighted by Gasteiger charge is 2.33. The van der Waals surface area contributed by atoms with E-state index in [4.69, 9.17) is 4.74 Å². The zero-order chi connectivity index (χ0) is 20.3. The van der Waals surface area contributed by atoms with Crippen molar-refractivity contribution in [2.75, 3.05) is 6.61 Å². The van der Waals surface area contributed by atoms with E-state index in [2.05, 4.69) is 41.3 Å². The largest absolute Gasteiger partial charge is 0.370 e. The van der Waals surface area contributed by atoms with Crippen molar-refractivity contribution in [1.82, 2.24) is 20.5 Å². The number of carbonyl (C=O) groups excluding carboxylic acids is 1. The highest BCUT2D eigenvalue weighted by atomic mass is 16.5. The topological polar surface area (TPSA) is 97.0 Å². The molecule has 2 aliphatic rings. The van der Waals surface area contributed by atoms with Crippen molar-refractivity contribution in [1.29, 1.82) is 0 Å². The number of nitrogens with one attached hydrogen (secondary N) is 2. The Morgan fingerprint density at radius 1 is 1.21 bits per heavy atom. The number of ether oxygens (including phenoxy) is 1. The monoisotopic (exact) mass is 390 g/mol. The molecule has 0 radical (unpaired) electrons. The Balaban J connectivity index is 1.62. The number of nitrogens with zero attached hydrogens (tertiary/aromatic N) is 2. The number of hydrogen-bond donors (Lipinski definition) is 2. The Labute approximate surface area is 167 Å². The molecule has 2 atom stereocenters. The first-order valence-electron chi connectivity index (χ1n) is 10.7. The third kappa shape index (κ3) is 4.80. The van der Waals surface area contributed by atoms with Gasteiger partial charge in [0.05, 0.1) is 6.04 Å². The lowest BCUT2D eigenvalue weighted by atomic mass is 9.69. The lowest BCUT2D eigenvalue weighted by molar-refractivity contribution is -0.127. The molecule has 1 aliphatic heterocycles. The van der Waals surface area contributed by atoms with E-state index in [0.29, 0.717) is 30.2 Å². The second-order valence-corrected chi connectivity index (χ2v) is 9.31. The van der Waals surface area contributed by atoms with Gasteiger partial charge in [-0.1, -0.05) is 27.7 Å². The van der Waals surface area contributed by atoms with Crippen LogP contribution in [0.5, 0.6) is 0 Å². The van der Waals surface area contributed by atoms with Gasteiger partial charge in [0.15, 0.2) is 11.5 Å². The average Bonchev–Trinajstić information content (AvgIpc) is 3.20. The van der Waals surface area contributed by atoms with E-state index in [1.165, 1.54) is 0 Å². The molecule has 2 unspecified atom stereocenters. The molecule has 1 saturated carbocycles. The van der Waals surface area contributed by atoms with Crippen molar-refractivity contribution >= 4 is 5.91 Å². The summed E-state index contributed by atoms with van der Waals surface area (Å²) in [5.74, 6) is 1.19. The van der Waals surface area contributed by atoms with Crippen LogP contribution in [0.4, 0.5) is 0 Å². The van der Waals surface area contributed by atoms with Crippen LogP contribution in [0.1, 0.15) is 96.3 Å². The second kappa shape index (κ2) is 8.72. The van der Waals surface area contributed by atoms with E-state index >= 15 is 0 Å². The minimum absolute atomic E-state index is 0.0193. The third-order valence-electron chi connectivity index (χ3n) is 6.35. The van der Waals surface area contributed by atoms with Gasteiger partial charge in [-0.25, -0.2) is 0 Å². The van der Waals surface area contributed by atoms with Gasteiger partial charge in [0.1, 0.15) is 6.10 Å². The Bertz CT molecular complexity index is 726. The standard InChI is InChI=1S/C21H34N4O3/c1-5-15(17-20(27)23-18(25-24-17)16-7-6-12-28-16)22-19(26)13-8-10-14(11-9-13)21(2,3)4/h13-16H,5-12H2,1-4H3,(H,22,26)(H,23,25,27). The molecule has 7 nitrogen and oxygen atoms in total. The summed E-state index contributed by atoms with van der Waals surface area (Å²) in [5, 5.41) is 11.4. The van der Waals surface area contributed by atoms with Gasteiger partial charge in [-0.15, -0.1) is 10.2 Å². The predicted octanol–water partition coefficient (Wildman–Crippen LogP) is 3.44. The lowest BCUT2D eigenvalue weighted by Gasteiger charge is -2.36. The van der Waals surface area contributed by atoms with Crippen molar-refractivity contribution < 1.29 is 9.53 Å². The van der Waals surface area contributed by atoms with Crippen LogP contribution in [0.2, 0.25) is 0 Å². The van der Waals surface area contributed by atoms with Crippen molar-refractivity contribution in [3.8, 4) is 0 Å². The molecule has 28 heavy (non-hydrogen) atoms. The summed E-state index contributed by atoms with van der Waals surface area (Å²) in [6.07, 6.45) is 6.19. The number of amides is 1. The molecule has 1 aromatic heterocycles. The summed E-state index contributed by atoms with van der Waals surface area (Å²) >= 11 is 0. The molecule has 3 rings (SSSR count). The number of carbonyl (C=O) groups is 1. The zero-order valence-electron chi connectivity index (χ0n) is 17.6. The van der Waals surface area contributed by atoms with Crippen LogP contribution in [-0.2, 0) is 9.53 Å². The van der Waals surface area contributed by atoms with Crippen LogP contribution in [0.25, 0.3) is 0 Å². The number of rotatable bonds is 5. The van der Waals surface area contributed by atoms with Crippen LogP contribution in [0.15, 0.2) is 4.79 Å². The van der Waals surface area contributed by atoms with Gasteiger partial charge in [0, 0.05) is 12.5 Å². The summed E-state index contributed by atoms with van der Waals surface area (Å²) in [6.45, 7) is 9.45. The smallest absolute Gasteiger partial charge is 0.275 e. The zero-order valence-corrected chi connectivity index (χ0v) is 17.6. The van der Waals surface area contributed by atoms with Gasteiger partial charge in [-0.3, -0.25) is 9.59 Å². The van der Waals surface area contributed by atoms with E-state index < -0.39 is 6.04 Å². The molecular formula is C21H34N4O3. The summed E-state index contributed by atoms with van der Waals surface area (Å²) in [4.78, 5) is 28.1. The fraction of sp³-hybridized carbons (Fsp3) is 0.810. The third-order valence-corrected chi connectivity index (χ3v) is 6.35. The van der Waals surface area contributed by atoms with E-state index in [0.717, 1.165) is 38.5 Å². The molecule has 1 aromatic rings. The highest BCUT2D eigenvalue weighted by Crippen LogP contribution is 2.40. The lowest BCUT2D eigenvalue weighted by Crippen LogP contribution is -2.39. The summed E-state index contributed by atoms with van der Waals surface area (Å²) in [7, 11) is 0. The van der Waals surface area contributed by atoms with Crippen molar-refractivity contribution in [2.24, 2.45) is 17.3 Å². The molecule has 1 saturated heterocycles. The van der Waals surface area contributed by atoms with Crippen LogP contribution in [0, 0.1) is 17.3 Å². The predicted molar refractivity (Wildman–Crippen MR) is 107 cm³/mol. The minimum Gasteiger partial charge on any atom is -0.370 e. The fourth-order valence-corrected chi connectivity index (χ4v) is 4.40. The number of hydrogen-bond acceptors (Lipinski definition) is 5. The maximum Gasteiger partial charge on any atom is 0.275 e. The molecule has 0 bridgehead atoms. The molecule has 0 spiro atoms. The molecule has 0 aromatic carbocycles. The van der Waals surface area contributed by atoms with Gasteiger partial charge < -0.3 is 15.0 Å². The first-order valence-corrected chi connectivity index (χ1v) is 10.7. The molecule has 156 valence electrons. The molecule has 1 aliphatic carbocycles. The van der Waals surface area contributed by atoms with Gasteiger partial charge in [-0.05, 0) is 56.3 Å². The van der Waals surface area contributed by atoms with E-state index in [9.17, 15) is 9.59 Å². The molecule has 2 heterocycles. The van der Waals surface area contributed by atoms with Gasteiger partial charge >= 0.3 is 0 Å². The van der Waals surface area contributed by atoms with E-state index in [-0.39, 0.29) is 29.2 Å². The Morgan fingerprint density at radius 3 is 2.46 bits per heavy atom. The van der Waals surface area contributed by atoms with Crippen molar-refractivity contribution in [3.63, 3.8) is 0 Å². The first-order chi connectivity index (χ1) is 13.3. The van der Waals surface area contributed by atoms with Crippen molar-refractivity contribution in [2.45, 2.75) is 84.8 Å². The van der Waals surface area contributed by atoms with Gasteiger partial charge in [-0.2, -0.15) is 0 Å². The van der Waals surface area contributed by atoms with Gasteiger partial charge in [0.2, 0.25) is 5.91 Å². The number of H-pyrrole nitrogens is 1. The maximum atomic E-state index is 12.8. The highest BCUT2D eigenvalue weighted by molar-refractivity contribution is 5.79. The summed E-state index contributed by atoms with van der Waals surface area (Å²) in [6, 6.07) is -0.414. The molecule has 7 heteroatoms. The van der Waals surface area contributed by atoms with E-state index in [1.54, 1.807) is 0 Å². The molecule has 2 fully saturated rings. The Kier molecular flexibility index (Phi) is 6.53. The Hall–Kier alpha value is -1.76. The molecule has 1 amide bonds. The van der Waals surface area contributed by atoms with E-state index in [1.807, 2.05) is 6.92 Å². The summed E-state index contributed by atoms with van der Waals surface area (Å²) < 4.78 is 5.55. The molecular weight excluding hydrogens is 356 g/mol. The first kappa shape index (κ1) is 21.0. The van der Waals surface area contributed by atoms with Crippen LogP contribution >= 0.6 is 0 Å². The minimum atomic E-state index is -0.414. The fourth-order valence-electron chi connectivity index (χ4n) is 4.40. The average molecular weight is 391 g/mol. The van der Waals surface area contributed by atoms with Crippen molar-refractivity contribution in [3.05, 3.63) is 21.9 Å². The SMILES string of the molecule is CCC(NC(=O)C1CCC(C(C)(C)C)CC1)c1nnc(C2CCCO2)[nH]c1=O. The second-order valence-electron chi connectivity index (χ2n) is 9.31. The van der Waals surface area contributed by atoms with Gasteiger partial charge in [0.25, 0.3) is 5.56 Å². The number of aromatic nitrogens is 3. The normalized spacial score (nSPS) is 26.8. The Morgan fingerprint density at radius 2 is 1.93 bits per heavy atom. The number of aromatic amines is 1. The maximum absolute atomic E-state index is 12.8. The molecule has 2 N–H and O–H groups in total. The summed E-state index contributed by atoms with van der Waals surface area (Å²) in [5.41, 5.74) is 0.284. The van der Waals surface area contributed by atoms with Crippen LogP contribution in [0.3, 0.4) is 0 Å².